The second-order valence-electron chi connectivity index (χ2n) is 6.29. The molecule has 0 aliphatic carbocycles. The fourth-order valence-electron chi connectivity index (χ4n) is 3.34. The Labute approximate surface area is 146 Å². The number of hydrogen-bond donors (Lipinski definition) is 0. The molecular weight excluding hydrogens is 278 g/mol. The summed E-state index contributed by atoms with van der Waals surface area (Å²) < 4.78 is 0. The summed E-state index contributed by atoms with van der Waals surface area (Å²) in [5.41, 5.74) is 1.31. The molecule has 1 heterocycles. The zero-order valence-corrected chi connectivity index (χ0v) is 16.2. The molecule has 2 atom stereocenters. The van der Waals surface area contributed by atoms with Gasteiger partial charge in [0.05, 0.1) is 6.04 Å². The minimum absolute atomic E-state index is 0.437. The van der Waals surface area contributed by atoms with Gasteiger partial charge in [-0.3, -0.25) is 4.90 Å². The van der Waals surface area contributed by atoms with E-state index in [1.165, 1.54) is 63.5 Å². The Bertz CT molecular complexity index is 371. The lowest BCUT2D eigenvalue weighted by Crippen LogP contribution is -2.38. The van der Waals surface area contributed by atoms with E-state index in [0.29, 0.717) is 12.1 Å². The molecule has 0 N–H and O–H groups in total. The molecule has 2 unspecified atom stereocenters. The van der Waals surface area contributed by atoms with Crippen molar-refractivity contribution < 1.29 is 0 Å². The van der Waals surface area contributed by atoms with Gasteiger partial charge in [0.1, 0.15) is 0 Å². The normalized spacial score (nSPS) is 18.3. The summed E-state index contributed by atoms with van der Waals surface area (Å²) in [7, 11) is 0. The lowest BCUT2D eigenvalue weighted by Gasteiger charge is -2.30. The first-order valence-corrected chi connectivity index (χ1v) is 9.65. The van der Waals surface area contributed by atoms with Crippen LogP contribution in [0, 0.1) is 11.8 Å². The third kappa shape index (κ3) is 9.01. The molecule has 1 aliphatic rings. The maximum Gasteiger partial charge on any atom is 0.0719 e. The first-order chi connectivity index (χ1) is 11.2. The highest BCUT2D eigenvalue weighted by Crippen LogP contribution is 2.26. The fourth-order valence-corrected chi connectivity index (χ4v) is 3.34. The number of likely N-dealkylation sites (tertiary alicyclic amines) is 1. The second kappa shape index (κ2) is 14.6. The van der Waals surface area contributed by atoms with E-state index in [1.54, 1.807) is 0 Å². The van der Waals surface area contributed by atoms with Crippen LogP contribution in [0.4, 0.5) is 0 Å². The molecule has 132 valence electrons. The molecule has 0 aromatic carbocycles. The van der Waals surface area contributed by atoms with Gasteiger partial charge >= 0.3 is 0 Å². The third-order valence-electron chi connectivity index (χ3n) is 4.46. The van der Waals surface area contributed by atoms with E-state index < -0.39 is 0 Å². The van der Waals surface area contributed by atoms with Crippen LogP contribution in [-0.2, 0) is 0 Å². The Morgan fingerprint density at radius 1 is 1.22 bits per heavy atom. The van der Waals surface area contributed by atoms with Crippen molar-refractivity contribution in [3.63, 3.8) is 0 Å². The minimum atomic E-state index is 0.437. The highest BCUT2D eigenvalue weighted by atomic mass is 15.2. The lowest BCUT2D eigenvalue weighted by atomic mass is 10.0. The largest absolute Gasteiger partial charge is 0.283 e. The number of allylic oxidation sites excluding steroid dienone is 1. The molecule has 0 bridgehead atoms. The van der Waals surface area contributed by atoms with Crippen LogP contribution in [0.15, 0.2) is 24.8 Å². The SMILES string of the molecule is C=CCCCCCCCC(C#CC)N1CCCC1C(=C)C.CC. The maximum absolute atomic E-state index is 4.17. The van der Waals surface area contributed by atoms with E-state index >= 15 is 0 Å². The number of hydrogen-bond acceptors (Lipinski definition) is 1. The number of rotatable bonds is 10. The van der Waals surface area contributed by atoms with Crippen LogP contribution in [0.25, 0.3) is 0 Å². The predicted octanol–water partition coefficient (Wildman–Crippen LogP) is 6.36. The molecule has 1 fully saturated rings. The molecule has 1 heteroatoms. The van der Waals surface area contributed by atoms with E-state index in [2.05, 4.69) is 36.8 Å². The standard InChI is InChI=1S/C20H33N.C2H6/c1-5-7-8-9-10-11-12-15-19(14-6-2)21-17-13-16-20(21)18(3)4;1-2/h5,19-20H,1,3,7-13,15-17H2,2,4H3;1-2H3. The topological polar surface area (TPSA) is 3.24 Å². The molecule has 0 aromatic heterocycles. The second-order valence-corrected chi connectivity index (χ2v) is 6.29. The minimum Gasteiger partial charge on any atom is -0.283 e. The van der Waals surface area contributed by atoms with Gasteiger partial charge in [0.25, 0.3) is 0 Å². The van der Waals surface area contributed by atoms with Crippen molar-refractivity contribution in [3.8, 4) is 11.8 Å². The van der Waals surface area contributed by atoms with Crippen molar-refractivity contribution in [1.82, 2.24) is 4.90 Å². The van der Waals surface area contributed by atoms with E-state index in [4.69, 9.17) is 0 Å². The third-order valence-corrected chi connectivity index (χ3v) is 4.46. The van der Waals surface area contributed by atoms with Crippen LogP contribution >= 0.6 is 0 Å². The summed E-state index contributed by atoms with van der Waals surface area (Å²) in [6, 6.07) is 0.996. The number of nitrogens with zero attached hydrogens (tertiary/aromatic N) is 1. The first kappa shape index (κ1) is 22.0. The van der Waals surface area contributed by atoms with Gasteiger partial charge in [-0.15, -0.1) is 12.5 Å². The van der Waals surface area contributed by atoms with Crippen LogP contribution in [0.2, 0.25) is 0 Å². The Balaban J connectivity index is 0.00000232. The first-order valence-electron chi connectivity index (χ1n) is 9.65. The van der Waals surface area contributed by atoms with Gasteiger partial charge in [-0.1, -0.05) is 63.7 Å². The molecule has 0 radical (unpaired) electrons. The molecule has 0 saturated carbocycles. The van der Waals surface area contributed by atoms with Crippen molar-refractivity contribution in [3.05, 3.63) is 24.8 Å². The van der Waals surface area contributed by atoms with E-state index in [9.17, 15) is 0 Å². The molecule has 23 heavy (non-hydrogen) atoms. The molecule has 1 aliphatic heterocycles. The van der Waals surface area contributed by atoms with E-state index in [0.717, 1.165) is 6.42 Å². The van der Waals surface area contributed by atoms with Crippen molar-refractivity contribution in [1.29, 1.82) is 0 Å². The average molecular weight is 318 g/mol. The zero-order valence-electron chi connectivity index (χ0n) is 16.2. The highest BCUT2D eigenvalue weighted by Gasteiger charge is 2.29. The van der Waals surface area contributed by atoms with Crippen molar-refractivity contribution in [2.75, 3.05) is 6.54 Å². The van der Waals surface area contributed by atoms with Crippen molar-refractivity contribution in [2.24, 2.45) is 0 Å². The lowest BCUT2D eigenvalue weighted by molar-refractivity contribution is 0.227. The molecule has 1 saturated heterocycles. The predicted molar refractivity (Wildman–Crippen MR) is 106 cm³/mol. The summed E-state index contributed by atoms with van der Waals surface area (Å²) >= 11 is 0. The Kier molecular flexibility index (Phi) is 13.9. The maximum atomic E-state index is 4.17. The summed E-state index contributed by atoms with van der Waals surface area (Å²) in [6.45, 7) is 17.3. The number of unbranched alkanes of at least 4 members (excludes halogenated alkanes) is 5. The molecular formula is C22H39N. The quantitative estimate of drug-likeness (QED) is 0.257. The molecule has 0 amide bonds. The van der Waals surface area contributed by atoms with Crippen molar-refractivity contribution in [2.45, 2.75) is 97.6 Å². The highest BCUT2D eigenvalue weighted by molar-refractivity contribution is 5.13. The fraction of sp³-hybridized carbons (Fsp3) is 0.727. The van der Waals surface area contributed by atoms with Crippen LogP contribution < -0.4 is 0 Å². The molecule has 1 nitrogen and oxygen atoms in total. The summed E-state index contributed by atoms with van der Waals surface area (Å²) in [5.74, 6) is 6.58. The van der Waals surface area contributed by atoms with Crippen LogP contribution in [-0.4, -0.2) is 23.5 Å². The molecule has 0 aromatic rings. The van der Waals surface area contributed by atoms with Gasteiger partial charge < -0.3 is 0 Å². The van der Waals surface area contributed by atoms with E-state index in [1.807, 2.05) is 26.8 Å². The van der Waals surface area contributed by atoms with Gasteiger partial charge in [0.15, 0.2) is 0 Å². The molecule has 1 rings (SSSR count). The van der Waals surface area contributed by atoms with Gasteiger partial charge in [0.2, 0.25) is 0 Å². The van der Waals surface area contributed by atoms with Gasteiger partial charge in [-0.25, -0.2) is 0 Å². The van der Waals surface area contributed by atoms with Gasteiger partial charge in [0, 0.05) is 12.6 Å². The van der Waals surface area contributed by atoms with E-state index in [-0.39, 0.29) is 0 Å². The molecule has 0 spiro atoms. The zero-order chi connectivity index (χ0) is 17.5. The van der Waals surface area contributed by atoms with Gasteiger partial charge in [-0.05, 0) is 46.0 Å². The Morgan fingerprint density at radius 2 is 1.87 bits per heavy atom. The van der Waals surface area contributed by atoms with Crippen molar-refractivity contribution >= 4 is 0 Å². The van der Waals surface area contributed by atoms with Crippen LogP contribution in [0.3, 0.4) is 0 Å². The summed E-state index contributed by atoms with van der Waals surface area (Å²) in [4.78, 5) is 2.59. The Hall–Kier alpha value is -1.00. The smallest absolute Gasteiger partial charge is 0.0719 e. The van der Waals surface area contributed by atoms with Gasteiger partial charge in [-0.2, -0.15) is 0 Å². The van der Waals surface area contributed by atoms with Crippen LogP contribution in [0.5, 0.6) is 0 Å². The summed E-state index contributed by atoms with van der Waals surface area (Å²) in [5, 5.41) is 0. The average Bonchev–Trinajstić information content (AvgIpc) is 3.04. The monoisotopic (exact) mass is 317 g/mol. The summed E-state index contributed by atoms with van der Waals surface area (Å²) in [6.07, 6.45) is 13.6. The Morgan fingerprint density at radius 3 is 2.48 bits per heavy atom. The van der Waals surface area contributed by atoms with Crippen LogP contribution in [0.1, 0.15) is 85.5 Å².